The van der Waals surface area contributed by atoms with Crippen LogP contribution in [0.2, 0.25) is 0 Å². The van der Waals surface area contributed by atoms with Gasteiger partial charge in [-0.15, -0.1) is 0 Å². The Bertz CT molecular complexity index is 337. The first-order chi connectivity index (χ1) is 8.65. The van der Waals surface area contributed by atoms with E-state index in [1.165, 1.54) is 12.5 Å². The van der Waals surface area contributed by atoms with Crippen LogP contribution in [0.3, 0.4) is 0 Å². The Kier molecular flexibility index (Phi) is 7.47. The zero-order valence-electron chi connectivity index (χ0n) is 11.2. The quantitative estimate of drug-likeness (QED) is 0.739. The summed E-state index contributed by atoms with van der Waals surface area (Å²) in [6, 6.07) is 4.99. The molecule has 1 aromatic carbocycles. The van der Waals surface area contributed by atoms with Crippen molar-refractivity contribution in [2.24, 2.45) is 0 Å². The summed E-state index contributed by atoms with van der Waals surface area (Å²) in [4.78, 5) is 2.41. The summed E-state index contributed by atoms with van der Waals surface area (Å²) in [6.07, 6.45) is 1.19. The monoisotopic (exact) mass is 316 g/mol. The van der Waals surface area contributed by atoms with Crippen molar-refractivity contribution >= 4 is 15.9 Å². The molecule has 0 saturated carbocycles. The topological polar surface area (TPSA) is 15.3 Å². The first-order valence-electron chi connectivity index (χ1n) is 6.53. The van der Waals surface area contributed by atoms with E-state index in [0.29, 0.717) is 6.54 Å². The molecule has 0 unspecified atom stereocenters. The second kappa shape index (κ2) is 8.62. The predicted molar refractivity (Wildman–Crippen MR) is 78.2 cm³/mol. The normalized spacial score (nSPS) is 11.2. The number of hydrogen-bond acceptors (Lipinski definition) is 2. The fourth-order valence-electron chi connectivity index (χ4n) is 1.93. The Morgan fingerprint density at radius 2 is 2.00 bits per heavy atom. The molecular weight excluding hydrogens is 295 g/mol. The Morgan fingerprint density at radius 3 is 2.61 bits per heavy atom. The van der Waals surface area contributed by atoms with E-state index < -0.39 is 0 Å². The number of benzene rings is 1. The molecule has 0 fully saturated rings. The predicted octanol–water partition coefficient (Wildman–Crippen LogP) is 3.41. The summed E-state index contributed by atoms with van der Waals surface area (Å²) in [5, 5.41) is 3.35. The van der Waals surface area contributed by atoms with Crippen LogP contribution in [-0.2, 0) is 6.54 Å². The van der Waals surface area contributed by atoms with Crippen LogP contribution in [0.5, 0.6) is 0 Å². The van der Waals surface area contributed by atoms with E-state index in [-0.39, 0.29) is 5.82 Å². The van der Waals surface area contributed by atoms with Crippen LogP contribution in [-0.4, -0.2) is 31.1 Å². The van der Waals surface area contributed by atoms with Crippen LogP contribution in [0, 0.1) is 5.82 Å². The van der Waals surface area contributed by atoms with Gasteiger partial charge in [-0.3, -0.25) is 0 Å². The third kappa shape index (κ3) is 5.94. The fraction of sp³-hybridized carbons (Fsp3) is 0.571. The van der Waals surface area contributed by atoms with Gasteiger partial charge in [-0.1, -0.05) is 29.8 Å². The number of nitrogens with one attached hydrogen (secondary N) is 1. The molecule has 0 atom stereocenters. The maximum atomic E-state index is 13.2. The molecule has 0 amide bonds. The molecule has 0 aromatic heterocycles. The van der Waals surface area contributed by atoms with Gasteiger partial charge in [0.1, 0.15) is 5.82 Å². The van der Waals surface area contributed by atoms with Gasteiger partial charge in [-0.2, -0.15) is 0 Å². The third-order valence-corrected chi connectivity index (χ3v) is 3.30. The molecule has 1 aromatic rings. The minimum absolute atomic E-state index is 0.192. The lowest BCUT2D eigenvalue weighted by molar-refractivity contribution is 0.287. The van der Waals surface area contributed by atoms with Crippen molar-refractivity contribution in [3.63, 3.8) is 0 Å². The average molecular weight is 317 g/mol. The van der Waals surface area contributed by atoms with E-state index in [2.05, 4.69) is 40.0 Å². The van der Waals surface area contributed by atoms with Crippen molar-refractivity contribution in [3.8, 4) is 0 Å². The van der Waals surface area contributed by atoms with Crippen LogP contribution >= 0.6 is 15.9 Å². The molecule has 0 saturated heterocycles. The standard InChI is InChI=1S/C14H22BrFN2/c1-3-6-18(4-2)7-5-17-11-12-8-13(15)10-14(16)9-12/h8-10,17H,3-7,11H2,1-2H3. The zero-order chi connectivity index (χ0) is 13.4. The van der Waals surface area contributed by atoms with E-state index in [9.17, 15) is 4.39 Å². The highest BCUT2D eigenvalue weighted by Crippen LogP contribution is 2.14. The highest BCUT2D eigenvalue weighted by atomic mass is 79.9. The van der Waals surface area contributed by atoms with Crippen LogP contribution in [0.25, 0.3) is 0 Å². The number of rotatable bonds is 8. The number of hydrogen-bond donors (Lipinski definition) is 1. The molecule has 1 N–H and O–H groups in total. The molecule has 0 spiro atoms. The number of halogens is 2. The molecule has 102 valence electrons. The Labute approximate surface area is 118 Å². The average Bonchev–Trinajstić information content (AvgIpc) is 2.32. The van der Waals surface area contributed by atoms with Crippen LogP contribution < -0.4 is 5.32 Å². The summed E-state index contributed by atoms with van der Waals surface area (Å²) in [6.45, 7) is 9.28. The maximum absolute atomic E-state index is 13.2. The van der Waals surface area contributed by atoms with Crippen LogP contribution in [0.15, 0.2) is 22.7 Å². The molecule has 0 aliphatic heterocycles. The second-order valence-electron chi connectivity index (χ2n) is 4.39. The van der Waals surface area contributed by atoms with Crippen molar-refractivity contribution in [2.45, 2.75) is 26.8 Å². The van der Waals surface area contributed by atoms with Gasteiger partial charge in [0.15, 0.2) is 0 Å². The Hall–Kier alpha value is -0.450. The molecular formula is C14H22BrFN2. The second-order valence-corrected chi connectivity index (χ2v) is 5.30. The first kappa shape index (κ1) is 15.6. The van der Waals surface area contributed by atoms with Gasteiger partial charge in [0.25, 0.3) is 0 Å². The van der Waals surface area contributed by atoms with Crippen molar-refractivity contribution in [2.75, 3.05) is 26.2 Å². The first-order valence-corrected chi connectivity index (χ1v) is 7.33. The Morgan fingerprint density at radius 1 is 1.22 bits per heavy atom. The van der Waals surface area contributed by atoms with Crippen LogP contribution in [0.1, 0.15) is 25.8 Å². The van der Waals surface area contributed by atoms with Crippen LogP contribution in [0.4, 0.5) is 4.39 Å². The van der Waals surface area contributed by atoms with E-state index >= 15 is 0 Å². The SMILES string of the molecule is CCCN(CC)CCNCc1cc(F)cc(Br)c1. The lowest BCUT2D eigenvalue weighted by atomic mass is 10.2. The Balaban J connectivity index is 2.28. The van der Waals surface area contributed by atoms with Crippen molar-refractivity contribution in [1.29, 1.82) is 0 Å². The van der Waals surface area contributed by atoms with Crippen molar-refractivity contribution in [3.05, 3.63) is 34.1 Å². The van der Waals surface area contributed by atoms with Gasteiger partial charge in [-0.25, -0.2) is 4.39 Å². The molecule has 18 heavy (non-hydrogen) atoms. The van der Waals surface area contributed by atoms with Crippen molar-refractivity contribution < 1.29 is 4.39 Å². The summed E-state index contributed by atoms with van der Waals surface area (Å²) in [5.41, 5.74) is 0.973. The highest BCUT2D eigenvalue weighted by molar-refractivity contribution is 9.10. The lowest BCUT2D eigenvalue weighted by Crippen LogP contribution is -2.32. The summed E-state index contributed by atoms with van der Waals surface area (Å²) < 4.78 is 13.9. The third-order valence-electron chi connectivity index (χ3n) is 2.84. The van der Waals surface area contributed by atoms with Gasteiger partial charge in [0, 0.05) is 24.1 Å². The smallest absolute Gasteiger partial charge is 0.124 e. The summed E-state index contributed by atoms with van der Waals surface area (Å²) in [7, 11) is 0. The molecule has 0 aliphatic rings. The molecule has 0 heterocycles. The molecule has 0 radical (unpaired) electrons. The molecule has 0 bridgehead atoms. The number of nitrogens with zero attached hydrogens (tertiary/aromatic N) is 1. The summed E-state index contributed by atoms with van der Waals surface area (Å²) >= 11 is 3.30. The van der Waals surface area contributed by atoms with E-state index in [1.54, 1.807) is 6.07 Å². The van der Waals surface area contributed by atoms with E-state index in [1.807, 2.05) is 6.07 Å². The minimum Gasteiger partial charge on any atom is -0.311 e. The van der Waals surface area contributed by atoms with Gasteiger partial charge < -0.3 is 10.2 Å². The molecule has 0 aliphatic carbocycles. The van der Waals surface area contributed by atoms with Gasteiger partial charge >= 0.3 is 0 Å². The van der Waals surface area contributed by atoms with E-state index in [0.717, 1.165) is 36.2 Å². The van der Waals surface area contributed by atoms with E-state index in [4.69, 9.17) is 0 Å². The van der Waals surface area contributed by atoms with Gasteiger partial charge in [-0.05, 0) is 43.3 Å². The molecule has 4 heteroatoms. The zero-order valence-corrected chi connectivity index (χ0v) is 12.8. The minimum atomic E-state index is -0.192. The van der Waals surface area contributed by atoms with Gasteiger partial charge in [0.2, 0.25) is 0 Å². The largest absolute Gasteiger partial charge is 0.311 e. The maximum Gasteiger partial charge on any atom is 0.124 e. The number of likely N-dealkylation sites (N-methyl/N-ethyl adjacent to an activating group) is 1. The molecule has 1 rings (SSSR count). The summed E-state index contributed by atoms with van der Waals surface area (Å²) in [5.74, 6) is -0.192. The highest BCUT2D eigenvalue weighted by Gasteiger charge is 2.01. The van der Waals surface area contributed by atoms with Gasteiger partial charge in [0.05, 0.1) is 0 Å². The van der Waals surface area contributed by atoms with Crippen molar-refractivity contribution in [1.82, 2.24) is 10.2 Å². The molecule has 2 nitrogen and oxygen atoms in total. The fourth-order valence-corrected chi connectivity index (χ4v) is 2.44. The lowest BCUT2D eigenvalue weighted by Gasteiger charge is -2.19.